The number of amides is 2. The van der Waals surface area contributed by atoms with Crippen LogP contribution in [0.3, 0.4) is 0 Å². The van der Waals surface area contributed by atoms with Crippen LogP contribution in [0.4, 0.5) is 14.5 Å². The second-order valence-electron chi connectivity index (χ2n) is 7.23. The maximum atomic E-state index is 13.4. The highest BCUT2D eigenvalue weighted by molar-refractivity contribution is 7.89. The van der Waals surface area contributed by atoms with E-state index < -0.39 is 33.7 Å². The third kappa shape index (κ3) is 3.98. The van der Waals surface area contributed by atoms with Crippen LogP contribution in [0.2, 0.25) is 0 Å². The fraction of sp³-hybridized carbons (Fsp3) is 0.300. The minimum Gasteiger partial charge on any atom is -0.479 e. The van der Waals surface area contributed by atoms with E-state index in [4.69, 9.17) is 4.74 Å². The summed E-state index contributed by atoms with van der Waals surface area (Å²) in [6.45, 7) is 1.85. The lowest BCUT2D eigenvalue weighted by atomic mass is 10.1. The third-order valence-electron chi connectivity index (χ3n) is 5.21. The topological polar surface area (TPSA) is 96.0 Å². The molecule has 1 N–H and O–H groups in total. The number of sulfonamides is 1. The number of nitrogens with one attached hydrogen (secondary N) is 1. The van der Waals surface area contributed by atoms with Crippen LogP contribution in [-0.4, -0.2) is 61.7 Å². The Hall–Kier alpha value is -3.05. The second-order valence-corrected chi connectivity index (χ2v) is 9.17. The molecule has 1 saturated heterocycles. The molecule has 2 aliphatic rings. The number of piperazine rings is 1. The average Bonchev–Trinajstić information content (AvgIpc) is 2.75. The Morgan fingerprint density at radius 2 is 1.77 bits per heavy atom. The monoisotopic (exact) mass is 451 g/mol. The maximum Gasteiger partial charge on any atom is 0.265 e. The van der Waals surface area contributed by atoms with Crippen molar-refractivity contribution in [1.29, 1.82) is 0 Å². The Labute approximate surface area is 177 Å². The van der Waals surface area contributed by atoms with Gasteiger partial charge < -0.3 is 15.0 Å². The number of hydrogen-bond donors (Lipinski definition) is 1. The van der Waals surface area contributed by atoms with Gasteiger partial charge in [-0.05, 0) is 43.3 Å². The first-order valence-corrected chi connectivity index (χ1v) is 11.0. The van der Waals surface area contributed by atoms with Crippen LogP contribution in [0, 0.1) is 11.6 Å². The summed E-state index contributed by atoms with van der Waals surface area (Å²) in [5.41, 5.74) is 0.270. The molecule has 0 aliphatic carbocycles. The summed E-state index contributed by atoms with van der Waals surface area (Å²) >= 11 is 0. The zero-order valence-electron chi connectivity index (χ0n) is 16.5. The van der Waals surface area contributed by atoms with Gasteiger partial charge in [0.15, 0.2) is 17.7 Å². The number of anilines is 1. The van der Waals surface area contributed by atoms with Crippen molar-refractivity contribution < 1.29 is 31.5 Å². The van der Waals surface area contributed by atoms with E-state index in [1.165, 1.54) is 33.5 Å². The van der Waals surface area contributed by atoms with Gasteiger partial charge in [0.25, 0.3) is 11.8 Å². The van der Waals surface area contributed by atoms with Crippen LogP contribution < -0.4 is 10.1 Å². The van der Waals surface area contributed by atoms with E-state index in [2.05, 4.69) is 5.32 Å². The number of benzene rings is 2. The molecule has 0 aromatic heterocycles. The van der Waals surface area contributed by atoms with Crippen LogP contribution in [-0.2, 0) is 14.8 Å². The molecule has 0 spiro atoms. The molecule has 164 valence electrons. The molecule has 1 fully saturated rings. The molecule has 2 aliphatic heterocycles. The third-order valence-corrected chi connectivity index (χ3v) is 7.11. The Morgan fingerprint density at radius 1 is 1.06 bits per heavy atom. The van der Waals surface area contributed by atoms with Crippen LogP contribution >= 0.6 is 0 Å². The van der Waals surface area contributed by atoms with E-state index >= 15 is 0 Å². The average molecular weight is 451 g/mol. The van der Waals surface area contributed by atoms with E-state index in [1.54, 1.807) is 6.92 Å². The molecular formula is C20H19F2N3O5S. The Morgan fingerprint density at radius 3 is 2.45 bits per heavy atom. The Kier molecular flexibility index (Phi) is 5.40. The highest BCUT2D eigenvalue weighted by Crippen LogP contribution is 2.33. The smallest absolute Gasteiger partial charge is 0.265 e. The fourth-order valence-corrected chi connectivity index (χ4v) is 4.89. The zero-order valence-corrected chi connectivity index (χ0v) is 17.3. The SMILES string of the molecule is C[C@H]1Oc2ccc(S(=O)(=O)N3CCN(C(=O)c4ccc(F)c(F)c4)CC3)cc2NC1=O. The molecule has 2 amide bonds. The van der Waals surface area contributed by atoms with Crippen molar-refractivity contribution in [1.82, 2.24) is 9.21 Å². The molecule has 0 saturated carbocycles. The van der Waals surface area contributed by atoms with Gasteiger partial charge in [-0.3, -0.25) is 9.59 Å². The number of fused-ring (bicyclic) bond motifs is 1. The maximum absolute atomic E-state index is 13.4. The number of ether oxygens (including phenoxy) is 1. The Bertz CT molecular complexity index is 1160. The minimum atomic E-state index is -3.87. The van der Waals surface area contributed by atoms with E-state index in [0.29, 0.717) is 5.75 Å². The molecular weight excluding hydrogens is 432 g/mol. The molecule has 11 heteroatoms. The van der Waals surface area contributed by atoms with Crippen LogP contribution in [0.15, 0.2) is 41.3 Å². The van der Waals surface area contributed by atoms with Gasteiger partial charge in [-0.15, -0.1) is 0 Å². The number of carbonyl (C=O) groups is 2. The van der Waals surface area contributed by atoms with Crippen LogP contribution in [0.1, 0.15) is 17.3 Å². The highest BCUT2D eigenvalue weighted by Gasteiger charge is 2.32. The lowest BCUT2D eigenvalue weighted by molar-refractivity contribution is -0.122. The van der Waals surface area contributed by atoms with Crippen molar-refractivity contribution in [3.8, 4) is 5.75 Å². The van der Waals surface area contributed by atoms with Gasteiger partial charge in [-0.25, -0.2) is 17.2 Å². The normalized spacial score (nSPS) is 19.4. The summed E-state index contributed by atoms with van der Waals surface area (Å²) in [4.78, 5) is 25.7. The standard InChI is InChI=1S/C20H19F2N3O5S/c1-12-19(26)23-17-11-14(3-5-18(17)30-12)31(28,29)25-8-6-24(7-9-25)20(27)13-2-4-15(21)16(22)10-13/h2-5,10-12H,6-9H2,1H3,(H,23,26)/t12-/m1/s1. The van der Waals surface area contributed by atoms with E-state index in [0.717, 1.165) is 12.1 Å². The van der Waals surface area contributed by atoms with E-state index in [-0.39, 0.29) is 48.2 Å². The van der Waals surface area contributed by atoms with E-state index in [9.17, 15) is 26.8 Å². The molecule has 2 heterocycles. The largest absolute Gasteiger partial charge is 0.479 e. The second kappa shape index (κ2) is 7.89. The van der Waals surface area contributed by atoms with Gasteiger partial charge in [0, 0.05) is 31.7 Å². The number of halogens is 2. The molecule has 0 bridgehead atoms. The van der Waals surface area contributed by atoms with Gasteiger partial charge in [0.2, 0.25) is 10.0 Å². The predicted molar refractivity (Wildman–Crippen MR) is 106 cm³/mol. The first kappa shape index (κ1) is 21.2. The highest BCUT2D eigenvalue weighted by atomic mass is 32.2. The van der Waals surface area contributed by atoms with Crippen molar-refractivity contribution in [3.63, 3.8) is 0 Å². The van der Waals surface area contributed by atoms with Gasteiger partial charge >= 0.3 is 0 Å². The number of hydrogen-bond acceptors (Lipinski definition) is 5. The number of rotatable bonds is 3. The van der Waals surface area contributed by atoms with Crippen molar-refractivity contribution in [2.75, 3.05) is 31.5 Å². The molecule has 2 aromatic rings. The molecule has 2 aromatic carbocycles. The van der Waals surface area contributed by atoms with Crippen molar-refractivity contribution in [3.05, 3.63) is 53.6 Å². The van der Waals surface area contributed by atoms with Crippen molar-refractivity contribution in [2.24, 2.45) is 0 Å². The molecule has 1 atom stereocenters. The molecule has 4 rings (SSSR count). The first-order chi connectivity index (χ1) is 14.7. The predicted octanol–water partition coefficient (Wildman–Crippen LogP) is 1.83. The number of carbonyl (C=O) groups excluding carboxylic acids is 2. The fourth-order valence-electron chi connectivity index (χ4n) is 3.44. The summed E-state index contributed by atoms with van der Waals surface area (Å²) in [5.74, 6) is -2.66. The van der Waals surface area contributed by atoms with Gasteiger partial charge in [0.05, 0.1) is 10.6 Å². The van der Waals surface area contributed by atoms with Gasteiger partial charge in [-0.1, -0.05) is 0 Å². The summed E-state index contributed by atoms with van der Waals surface area (Å²) < 4.78 is 59.2. The quantitative estimate of drug-likeness (QED) is 0.768. The molecule has 8 nitrogen and oxygen atoms in total. The molecule has 31 heavy (non-hydrogen) atoms. The summed E-state index contributed by atoms with van der Waals surface area (Å²) in [7, 11) is -3.87. The first-order valence-electron chi connectivity index (χ1n) is 9.53. The lowest BCUT2D eigenvalue weighted by Gasteiger charge is -2.34. The molecule has 0 unspecified atom stereocenters. The lowest BCUT2D eigenvalue weighted by Crippen LogP contribution is -2.50. The van der Waals surface area contributed by atoms with Crippen molar-refractivity contribution in [2.45, 2.75) is 17.9 Å². The summed E-state index contributed by atoms with van der Waals surface area (Å²) in [6, 6.07) is 7.12. The van der Waals surface area contributed by atoms with Crippen LogP contribution in [0.25, 0.3) is 0 Å². The van der Waals surface area contributed by atoms with Gasteiger partial charge in [0.1, 0.15) is 5.75 Å². The van der Waals surface area contributed by atoms with Crippen LogP contribution in [0.5, 0.6) is 5.75 Å². The summed E-state index contributed by atoms with van der Waals surface area (Å²) in [6.07, 6.45) is -0.671. The summed E-state index contributed by atoms with van der Waals surface area (Å²) in [5, 5.41) is 2.62. The Balaban J connectivity index is 1.47. The van der Waals surface area contributed by atoms with Gasteiger partial charge in [-0.2, -0.15) is 4.31 Å². The minimum absolute atomic E-state index is 0.00476. The molecule has 0 radical (unpaired) electrons. The zero-order chi connectivity index (χ0) is 22.3. The number of nitrogens with zero attached hydrogens (tertiary/aromatic N) is 2. The van der Waals surface area contributed by atoms with E-state index in [1.807, 2.05) is 0 Å². The van der Waals surface area contributed by atoms with Crippen molar-refractivity contribution >= 4 is 27.5 Å².